The number of rotatable bonds is 3. The van der Waals surface area contributed by atoms with Crippen LogP contribution in [0.25, 0.3) is 0 Å². The van der Waals surface area contributed by atoms with Gasteiger partial charge in [-0.3, -0.25) is 9.69 Å². The average molecular weight is 462 g/mol. The lowest BCUT2D eigenvalue weighted by molar-refractivity contribution is 0.0515. The van der Waals surface area contributed by atoms with Crippen LogP contribution in [-0.2, 0) is 11.3 Å². The van der Waals surface area contributed by atoms with Crippen LogP contribution < -0.4 is 9.64 Å². The van der Waals surface area contributed by atoms with E-state index in [-0.39, 0.29) is 12.6 Å². The van der Waals surface area contributed by atoms with E-state index in [0.717, 1.165) is 62.8 Å². The second-order valence-corrected chi connectivity index (χ2v) is 9.02. The van der Waals surface area contributed by atoms with Crippen LogP contribution in [0.4, 0.5) is 5.69 Å². The first-order valence-electron chi connectivity index (χ1n) is 10.7. The van der Waals surface area contributed by atoms with E-state index < -0.39 is 0 Å². The third-order valence-electron chi connectivity index (χ3n) is 6.34. The molecule has 1 amide bonds. The molecule has 2 fully saturated rings. The lowest BCUT2D eigenvalue weighted by Crippen LogP contribution is -2.50. The summed E-state index contributed by atoms with van der Waals surface area (Å²) >= 11 is 13.1. The Labute approximate surface area is 192 Å². The van der Waals surface area contributed by atoms with Gasteiger partial charge in [0.2, 0.25) is 0 Å². The molecule has 2 saturated heterocycles. The molecule has 0 bridgehead atoms. The van der Waals surface area contributed by atoms with Crippen molar-refractivity contribution >= 4 is 34.8 Å². The molecular weight excluding hydrogens is 437 g/mol. The fourth-order valence-electron chi connectivity index (χ4n) is 4.56. The van der Waals surface area contributed by atoms with E-state index in [9.17, 15) is 4.79 Å². The zero-order valence-corrected chi connectivity index (χ0v) is 18.7. The van der Waals surface area contributed by atoms with E-state index in [2.05, 4.69) is 9.80 Å². The van der Waals surface area contributed by atoms with Crippen molar-refractivity contribution in [1.29, 1.82) is 0 Å². The Kier molecular flexibility index (Phi) is 5.97. The largest absolute Gasteiger partial charge is 0.473 e. The summed E-state index contributed by atoms with van der Waals surface area (Å²) in [6.07, 6.45) is 1.11. The van der Waals surface area contributed by atoms with Crippen molar-refractivity contribution in [2.24, 2.45) is 0 Å². The number of halogens is 2. The molecule has 0 radical (unpaired) electrons. The minimum absolute atomic E-state index is 0.178. The molecule has 0 aliphatic carbocycles. The molecule has 3 aliphatic heterocycles. The SMILES string of the molecule is O=C(c1c(Cl)cc(N2CCN(C3CCOC3)CC2)cc1Cl)N1COc2ccccc2C1. The summed E-state index contributed by atoms with van der Waals surface area (Å²) in [5.74, 6) is 0.588. The summed E-state index contributed by atoms with van der Waals surface area (Å²) in [4.78, 5) is 19.6. The fourth-order valence-corrected chi connectivity index (χ4v) is 5.20. The van der Waals surface area contributed by atoms with E-state index in [1.807, 2.05) is 36.4 Å². The standard InChI is InChI=1S/C23H25Cl2N3O3/c24-19-11-18(27-8-6-26(7-9-27)17-5-10-30-14-17)12-20(25)22(19)23(29)28-13-16-3-1-2-4-21(16)31-15-28/h1-4,11-12,17H,5-10,13-15H2. The summed E-state index contributed by atoms with van der Waals surface area (Å²) in [5.41, 5.74) is 2.25. The Balaban J connectivity index is 1.29. The van der Waals surface area contributed by atoms with Crippen molar-refractivity contribution in [3.8, 4) is 5.75 Å². The molecule has 164 valence electrons. The van der Waals surface area contributed by atoms with Gasteiger partial charge in [-0.25, -0.2) is 0 Å². The summed E-state index contributed by atoms with van der Waals surface area (Å²) in [7, 11) is 0. The number of piperazine rings is 1. The summed E-state index contributed by atoms with van der Waals surface area (Å²) in [5, 5.41) is 0.746. The van der Waals surface area contributed by atoms with Crippen LogP contribution in [0.2, 0.25) is 10.0 Å². The van der Waals surface area contributed by atoms with Crippen LogP contribution in [-0.4, -0.2) is 67.9 Å². The number of ether oxygens (including phenoxy) is 2. The summed E-state index contributed by atoms with van der Waals surface area (Å²) < 4.78 is 11.2. The average Bonchev–Trinajstić information content (AvgIpc) is 3.33. The number of benzene rings is 2. The third-order valence-corrected chi connectivity index (χ3v) is 6.94. The summed E-state index contributed by atoms with van der Waals surface area (Å²) in [6.45, 7) is 6.09. The van der Waals surface area contributed by atoms with Crippen molar-refractivity contribution in [3.05, 3.63) is 57.6 Å². The number of carbonyl (C=O) groups excluding carboxylic acids is 1. The van der Waals surface area contributed by atoms with Crippen molar-refractivity contribution < 1.29 is 14.3 Å². The van der Waals surface area contributed by atoms with Crippen LogP contribution in [0.3, 0.4) is 0 Å². The predicted molar refractivity (Wildman–Crippen MR) is 121 cm³/mol. The fraction of sp³-hybridized carbons (Fsp3) is 0.435. The van der Waals surface area contributed by atoms with Gasteiger partial charge in [0.15, 0.2) is 6.73 Å². The smallest absolute Gasteiger partial charge is 0.259 e. The first kappa shape index (κ1) is 20.9. The number of amides is 1. The molecule has 0 spiro atoms. The molecule has 6 nitrogen and oxygen atoms in total. The van der Waals surface area contributed by atoms with Gasteiger partial charge in [-0.15, -0.1) is 0 Å². The Morgan fingerprint density at radius 1 is 1.03 bits per heavy atom. The number of carbonyl (C=O) groups is 1. The number of para-hydroxylation sites is 1. The van der Waals surface area contributed by atoms with E-state index in [1.165, 1.54) is 0 Å². The zero-order chi connectivity index (χ0) is 21.4. The van der Waals surface area contributed by atoms with Crippen LogP contribution in [0.15, 0.2) is 36.4 Å². The van der Waals surface area contributed by atoms with Crippen LogP contribution in [0.1, 0.15) is 22.3 Å². The first-order valence-corrected chi connectivity index (χ1v) is 11.4. The number of hydrogen-bond acceptors (Lipinski definition) is 5. The highest BCUT2D eigenvalue weighted by Gasteiger charge is 2.29. The molecule has 0 saturated carbocycles. The Hall–Kier alpha value is -1.99. The van der Waals surface area contributed by atoms with Gasteiger partial charge in [0.25, 0.3) is 5.91 Å². The quantitative estimate of drug-likeness (QED) is 0.693. The van der Waals surface area contributed by atoms with Crippen molar-refractivity contribution in [2.45, 2.75) is 19.0 Å². The third kappa shape index (κ3) is 4.22. The maximum Gasteiger partial charge on any atom is 0.259 e. The number of nitrogens with zero attached hydrogens (tertiary/aromatic N) is 3. The number of anilines is 1. The molecule has 1 atom stereocenters. The normalized spacial score (nSPS) is 21.7. The first-order chi connectivity index (χ1) is 15.1. The lowest BCUT2D eigenvalue weighted by atomic mass is 10.1. The van der Waals surface area contributed by atoms with Gasteiger partial charge in [-0.1, -0.05) is 41.4 Å². The molecule has 8 heteroatoms. The molecule has 2 aromatic carbocycles. The van der Waals surface area contributed by atoms with Crippen LogP contribution >= 0.6 is 23.2 Å². The van der Waals surface area contributed by atoms with Gasteiger partial charge >= 0.3 is 0 Å². The summed E-state index contributed by atoms with van der Waals surface area (Å²) in [6, 6.07) is 12.0. The van der Waals surface area contributed by atoms with Crippen molar-refractivity contribution in [1.82, 2.24) is 9.80 Å². The molecule has 5 rings (SSSR count). The lowest BCUT2D eigenvalue weighted by Gasteiger charge is -2.39. The van der Waals surface area contributed by atoms with Gasteiger partial charge in [0.1, 0.15) is 5.75 Å². The maximum atomic E-state index is 13.2. The molecule has 0 aromatic heterocycles. The minimum Gasteiger partial charge on any atom is -0.473 e. The second kappa shape index (κ2) is 8.87. The van der Waals surface area contributed by atoms with Crippen LogP contribution in [0, 0.1) is 0 Å². The van der Waals surface area contributed by atoms with Crippen LogP contribution in [0.5, 0.6) is 5.75 Å². The highest BCUT2D eigenvalue weighted by atomic mass is 35.5. The van der Waals surface area contributed by atoms with Gasteiger partial charge in [-0.2, -0.15) is 0 Å². The van der Waals surface area contributed by atoms with Crippen molar-refractivity contribution in [2.75, 3.05) is 51.0 Å². The number of fused-ring (bicyclic) bond motifs is 1. The van der Waals surface area contributed by atoms with Gasteiger partial charge < -0.3 is 19.3 Å². The minimum atomic E-state index is -0.220. The zero-order valence-electron chi connectivity index (χ0n) is 17.2. The van der Waals surface area contributed by atoms with E-state index in [1.54, 1.807) is 4.90 Å². The molecule has 3 heterocycles. The van der Waals surface area contributed by atoms with E-state index >= 15 is 0 Å². The highest BCUT2D eigenvalue weighted by molar-refractivity contribution is 6.40. The number of hydrogen-bond donors (Lipinski definition) is 0. The van der Waals surface area contributed by atoms with Gasteiger partial charge in [0, 0.05) is 50.1 Å². The molecule has 0 N–H and O–H groups in total. The van der Waals surface area contributed by atoms with Crippen molar-refractivity contribution in [3.63, 3.8) is 0 Å². The van der Waals surface area contributed by atoms with E-state index in [4.69, 9.17) is 32.7 Å². The second-order valence-electron chi connectivity index (χ2n) is 8.21. The Bertz CT molecular complexity index is 949. The maximum absolute atomic E-state index is 13.2. The molecule has 3 aliphatic rings. The van der Waals surface area contributed by atoms with E-state index in [0.29, 0.717) is 28.2 Å². The molecule has 2 aromatic rings. The molecule has 31 heavy (non-hydrogen) atoms. The van der Waals surface area contributed by atoms with Gasteiger partial charge in [-0.05, 0) is 24.6 Å². The Morgan fingerprint density at radius 3 is 2.48 bits per heavy atom. The molecule has 1 unspecified atom stereocenters. The highest BCUT2D eigenvalue weighted by Crippen LogP contribution is 2.34. The monoisotopic (exact) mass is 461 g/mol. The topological polar surface area (TPSA) is 45.2 Å². The molecular formula is C23H25Cl2N3O3. The Morgan fingerprint density at radius 2 is 1.77 bits per heavy atom. The predicted octanol–water partition coefficient (Wildman–Crippen LogP) is 3.90. The van der Waals surface area contributed by atoms with Gasteiger partial charge in [0.05, 0.1) is 28.8 Å².